The van der Waals surface area contributed by atoms with Crippen molar-refractivity contribution in [2.45, 2.75) is 55.0 Å². The highest BCUT2D eigenvalue weighted by Crippen LogP contribution is 2.34. The van der Waals surface area contributed by atoms with E-state index in [2.05, 4.69) is 15.0 Å². The predicted molar refractivity (Wildman–Crippen MR) is 206 cm³/mol. The van der Waals surface area contributed by atoms with Crippen LogP contribution in [0.25, 0.3) is 0 Å². The summed E-state index contributed by atoms with van der Waals surface area (Å²) in [4.78, 5) is 101. The molecule has 3 aromatic rings. The van der Waals surface area contributed by atoms with Crippen molar-refractivity contribution < 1.29 is 65.9 Å². The number of nitrogens with one attached hydrogen (secondary N) is 1. The Bertz CT molecular complexity index is 2380. The second-order valence-corrected chi connectivity index (χ2v) is 18.3. The highest BCUT2D eigenvalue weighted by atomic mass is 35.5. The lowest BCUT2D eigenvalue weighted by Gasteiger charge is -2.18. The molecule has 0 radical (unpaired) electrons. The van der Waals surface area contributed by atoms with Crippen LogP contribution in [0.1, 0.15) is 42.5 Å². The van der Waals surface area contributed by atoms with Gasteiger partial charge < -0.3 is 19.6 Å². The molecule has 2 aromatic carbocycles. The van der Waals surface area contributed by atoms with Gasteiger partial charge in [0.15, 0.2) is 27.2 Å². The van der Waals surface area contributed by atoms with Crippen LogP contribution in [0.5, 0.6) is 0 Å². The molecule has 0 saturated heterocycles. The lowest BCUT2D eigenvalue weighted by atomic mass is 9.81. The number of ether oxygens (including phenoxy) is 1. The third-order valence-corrected chi connectivity index (χ3v) is 12.0. The fourth-order valence-corrected chi connectivity index (χ4v) is 8.23. The molecule has 0 atom stereocenters. The number of carboxylic acids is 1. The maximum absolute atomic E-state index is 14.3. The number of thioether (sulfide) groups is 1. The number of ketones is 3. The average molecular weight is 912 g/mol. The number of esters is 1. The number of aromatic nitrogens is 2. The molecule has 5 rings (SSSR count). The van der Waals surface area contributed by atoms with E-state index in [0.29, 0.717) is 29.2 Å². The Balaban J connectivity index is 0.000000254. The van der Waals surface area contributed by atoms with E-state index in [1.807, 2.05) is 0 Å². The van der Waals surface area contributed by atoms with Crippen LogP contribution in [0, 0.1) is 21.8 Å². The monoisotopic (exact) mass is 911 g/mol. The lowest BCUT2D eigenvalue weighted by molar-refractivity contribution is -0.385. The van der Waals surface area contributed by atoms with Gasteiger partial charge >= 0.3 is 24.4 Å². The SMILES string of the molecule is COC(=O)CSc1cc(N=c2sc(=O)n3n2CCCC3)c(F)cc1Cl.CS(=O)(=O)c1ccc(C(=O)C2C(=O)CCCC2=O)c([N+](=O)[O-])c1.O=C(O)CNCP(=O)(O)O. The number of hydrogen-bond acceptors (Lipinski definition) is 16. The largest absolute Gasteiger partial charge is 0.480 e. The van der Waals surface area contributed by atoms with Gasteiger partial charge in [-0.25, -0.2) is 22.5 Å². The third kappa shape index (κ3) is 13.9. The zero-order chi connectivity index (χ0) is 43.5. The van der Waals surface area contributed by atoms with Crippen LogP contribution in [-0.2, 0) is 51.4 Å². The number of nitro benzene ring substituents is 1. The minimum absolute atomic E-state index is 0.0605. The Morgan fingerprint density at radius 2 is 1.72 bits per heavy atom. The molecule has 4 N–H and O–H groups in total. The number of rotatable bonds is 12. The van der Waals surface area contributed by atoms with Gasteiger partial charge in [-0.1, -0.05) is 11.6 Å². The number of benzene rings is 2. The van der Waals surface area contributed by atoms with Gasteiger partial charge in [0.05, 0.1) is 46.1 Å². The minimum atomic E-state index is -4.10. The summed E-state index contributed by atoms with van der Waals surface area (Å²) in [6.07, 6.45) is 2.67. The Hall–Kier alpha value is -4.42. The molecule has 0 spiro atoms. The molecular formula is C32H36ClFN5O15PS3. The standard InChI is InChI=1S/C15H15ClFN3O3S2.C14H13NO7S.C3H8NO5P/c1-23-13(21)8-24-12-7-11(10(17)6-9(12)16)18-14-19-4-2-3-5-20(19)15(22)25-14;1-23(21,22)8-5-6-9(10(7-8)15(19)20)14(18)13-11(16)3-2-4-12(13)17;5-3(6)1-4-2-10(7,8)9/h6-7H,2-5,8H2,1H3;5-7,13H,2-4H2,1H3;4H,1-2H2,(H,5,6)(H2,7,8,9). The molecule has 1 aliphatic heterocycles. The highest BCUT2D eigenvalue weighted by molar-refractivity contribution is 8.00. The number of sulfone groups is 1. The van der Waals surface area contributed by atoms with Crippen LogP contribution in [0.4, 0.5) is 15.8 Å². The summed E-state index contributed by atoms with van der Waals surface area (Å²) >= 11 is 8.17. The van der Waals surface area contributed by atoms with Gasteiger partial charge in [-0.05, 0) is 54.9 Å². The van der Waals surface area contributed by atoms with Crippen molar-refractivity contribution >= 4 is 92.8 Å². The van der Waals surface area contributed by atoms with Crippen LogP contribution in [0.2, 0.25) is 5.02 Å². The first kappa shape index (κ1) is 48.0. The van der Waals surface area contributed by atoms with E-state index in [0.717, 1.165) is 66.5 Å². The van der Waals surface area contributed by atoms with Gasteiger partial charge in [0.25, 0.3) is 5.69 Å². The highest BCUT2D eigenvalue weighted by Gasteiger charge is 2.39. The zero-order valence-corrected chi connectivity index (χ0v) is 34.6. The first-order chi connectivity index (χ1) is 27.0. The van der Waals surface area contributed by atoms with Crippen molar-refractivity contribution in [1.82, 2.24) is 14.7 Å². The lowest BCUT2D eigenvalue weighted by Crippen LogP contribution is -2.35. The van der Waals surface area contributed by atoms with Gasteiger partial charge in [-0.15, -0.1) is 11.8 Å². The number of hydrogen-bond donors (Lipinski definition) is 4. The van der Waals surface area contributed by atoms with E-state index >= 15 is 0 Å². The van der Waals surface area contributed by atoms with Crippen LogP contribution in [-0.4, -0.2) is 98.8 Å². The van der Waals surface area contributed by atoms with E-state index in [9.17, 15) is 56.3 Å². The van der Waals surface area contributed by atoms with Gasteiger partial charge in [-0.2, -0.15) is 0 Å². The average Bonchev–Trinajstić information content (AvgIpc) is 3.45. The van der Waals surface area contributed by atoms with Crippen molar-refractivity contribution in [2.75, 3.05) is 31.9 Å². The molecule has 316 valence electrons. The second-order valence-electron chi connectivity index (χ2n) is 12.2. The molecule has 58 heavy (non-hydrogen) atoms. The summed E-state index contributed by atoms with van der Waals surface area (Å²) < 4.78 is 55.3. The number of nitro groups is 1. The number of carboxylic acid groups (broad SMARTS) is 1. The minimum Gasteiger partial charge on any atom is -0.480 e. The first-order valence-corrected chi connectivity index (χ1v) is 22.5. The maximum Gasteiger partial charge on any atom is 0.339 e. The van der Waals surface area contributed by atoms with Crippen molar-refractivity contribution in [3.63, 3.8) is 0 Å². The Morgan fingerprint density at radius 3 is 2.28 bits per heavy atom. The summed E-state index contributed by atoms with van der Waals surface area (Å²) in [5, 5.41) is 21.4. The van der Waals surface area contributed by atoms with Crippen molar-refractivity contribution in [1.29, 1.82) is 0 Å². The molecular weight excluding hydrogens is 876 g/mol. The van der Waals surface area contributed by atoms with Gasteiger partial charge in [0, 0.05) is 43.1 Å². The number of carbonyl (C=O) groups excluding carboxylic acids is 4. The summed E-state index contributed by atoms with van der Waals surface area (Å²) in [5.74, 6) is -5.68. The molecule has 0 unspecified atom stereocenters. The van der Waals surface area contributed by atoms with E-state index in [-0.39, 0.29) is 39.1 Å². The molecule has 20 nitrogen and oxygen atoms in total. The van der Waals surface area contributed by atoms with Crippen LogP contribution in [0.15, 0.2) is 49.9 Å². The molecule has 26 heteroatoms. The summed E-state index contributed by atoms with van der Waals surface area (Å²) in [6.45, 7) is 0.885. The van der Waals surface area contributed by atoms with Crippen molar-refractivity contribution in [2.24, 2.45) is 10.9 Å². The molecule has 2 heterocycles. The number of methoxy groups -OCH3 is 1. The van der Waals surface area contributed by atoms with Gasteiger partial charge in [-0.3, -0.25) is 53.4 Å². The zero-order valence-electron chi connectivity index (χ0n) is 30.5. The molecule has 0 bridgehead atoms. The van der Waals surface area contributed by atoms with E-state index in [4.69, 9.17) is 26.5 Å². The second kappa shape index (κ2) is 21.0. The number of nitrogens with zero attached hydrogens (tertiary/aromatic N) is 4. The van der Waals surface area contributed by atoms with Gasteiger partial charge in [0.2, 0.25) is 4.80 Å². The smallest absolute Gasteiger partial charge is 0.339 e. The quantitative estimate of drug-likeness (QED) is 0.0386. The number of fused-ring (bicyclic) bond motifs is 1. The fraction of sp³-hybridized carbons (Fsp3) is 0.406. The molecule has 2 aliphatic rings. The number of aliphatic carboxylic acids is 1. The van der Waals surface area contributed by atoms with Crippen molar-refractivity contribution in [3.05, 3.63) is 71.3 Å². The Labute approximate surface area is 341 Å². The van der Waals surface area contributed by atoms with Crippen LogP contribution < -0.4 is 15.0 Å². The molecule has 1 aromatic heterocycles. The number of halogens is 2. The normalized spacial score (nSPS) is 14.7. The Morgan fingerprint density at radius 1 is 1.10 bits per heavy atom. The number of carbonyl (C=O) groups is 5. The van der Waals surface area contributed by atoms with Gasteiger partial charge in [0.1, 0.15) is 17.4 Å². The van der Waals surface area contributed by atoms with Crippen LogP contribution in [0.3, 0.4) is 0 Å². The predicted octanol–water partition coefficient (Wildman–Crippen LogP) is 2.71. The first-order valence-electron chi connectivity index (χ1n) is 16.6. The van der Waals surface area contributed by atoms with E-state index in [1.54, 1.807) is 9.36 Å². The molecule has 1 aliphatic carbocycles. The summed E-state index contributed by atoms with van der Waals surface area (Å²) in [7, 11) is -6.50. The molecule has 0 amide bonds. The van der Waals surface area contributed by atoms with Crippen molar-refractivity contribution in [3.8, 4) is 0 Å². The fourth-order valence-electron chi connectivity index (χ4n) is 5.19. The van der Waals surface area contributed by atoms with E-state index in [1.165, 1.54) is 13.2 Å². The Kier molecular flexibility index (Phi) is 17.4. The number of Topliss-reactive ketones (excluding diaryl/α,β-unsaturated/α-hetero) is 3. The maximum atomic E-state index is 14.3. The molecule has 1 saturated carbocycles. The summed E-state index contributed by atoms with van der Waals surface area (Å²) in [6, 6.07) is 5.44. The molecule has 1 fully saturated rings. The topological polar surface area (TPSA) is 301 Å². The van der Waals surface area contributed by atoms with E-state index < -0.39 is 87.5 Å². The third-order valence-electron chi connectivity index (χ3n) is 7.89. The summed E-state index contributed by atoms with van der Waals surface area (Å²) in [5.41, 5.74) is -1.08. The van der Waals surface area contributed by atoms with Crippen LogP contribution >= 0.6 is 42.3 Å².